The van der Waals surface area contributed by atoms with Crippen LogP contribution in [0.4, 0.5) is 0 Å². The highest BCUT2D eigenvalue weighted by Gasteiger charge is 2.21. The Balaban J connectivity index is 1.88. The second kappa shape index (κ2) is 7.72. The molecule has 0 bridgehead atoms. The summed E-state index contributed by atoms with van der Waals surface area (Å²) in [5.41, 5.74) is 3.15. The summed E-state index contributed by atoms with van der Waals surface area (Å²) in [6.45, 7) is 4.58. The first-order valence-corrected chi connectivity index (χ1v) is 8.42. The molecule has 0 spiro atoms. The van der Waals surface area contributed by atoms with Gasteiger partial charge in [-0.1, -0.05) is 63.8 Å². The number of unbranched alkanes of at least 4 members (excludes halogenated alkanes) is 1. The van der Waals surface area contributed by atoms with Crippen molar-refractivity contribution in [3.05, 3.63) is 35.4 Å². The first-order chi connectivity index (χ1) is 9.33. The van der Waals surface area contributed by atoms with Gasteiger partial charge in [0.2, 0.25) is 0 Å². The largest absolute Gasteiger partial charge is 0.0654 e. The lowest BCUT2D eigenvalue weighted by molar-refractivity contribution is 0.304. The molecule has 1 aromatic carbocycles. The lowest BCUT2D eigenvalue weighted by Gasteiger charge is -2.29. The second-order valence-electron chi connectivity index (χ2n) is 6.35. The van der Waals surface area contributed by atoms with Crippen LogP contribution in [0.5, 0.6) is 0 Å². The van der Waals surface area contributed by atoms with E-state index in [4.69, 9.17) is 0 Å². The lowest BCUT2D eigenvalue weighted by Crippen LogP contribution is -2.13. The first-order valence-electron chi connectivity index (χ1n) is 8.42. The topological polar surface area (TPSA) is 0 Å². The minimum Gasteiger partial charge on any atom is -0.0654 e. The highest BCUT2D eigenvalue weighted by Crippen LogP contribution is 2.37. The van der Waals surface area contributed by atoms with Gasteiger partial charge in [-0.15, -0.1) is 0 Å². The molecule has 0 aliphatic heterocycles. The molecule has 0 amide bonds. The molecule has 2 rings (SSSR count). The van der Waals surface area contributed by atoms with Gasteiger partial charge >= 0.3 is 0 Å². The molecule has 1 aromatic rings. The lowest BCUT2D eigenvalue weighted by atomic mass is 9.77. The van der Waals surface area contributed by atoms with Crippen LogP contribution in [0, 0.1) is 5.92 Å². The standard InChI is InChI=1S/C19H30/c1-3-5-8-16-11-13-18(14-12-16)19-10-6-9-17(15-19)7-4-2/h6,9-10,15-16,18H,3-5,7-8,11-14H2,1-2H3. The molecule has 0 saturated heterocycles. The molecule has 0 atom stereocenters. The summed E-state index contributed by atoms with van der Waals surface area (Å²) in [6.07, 6.45) is 12.5. The Morgan fingerprint density at radius 3 is 2.47 bits per heavy atom. The van der Waals surface area contributed by atoms with E-state index in [1.54, 1.807) is 5.56 Å². The van der Waals surface area contributed by atoms with E-state index < -0.39 is 0 Å². The van der Waals surface area contributed by atoms with E-state index in [2.05, 4.69) is 38.1 Å². The SMILES string of the molecule is CCCCC1CCC(c2cccc(CCC)c2)CC1. The molecule has 1 aliphatic carbocycles. The summed E-state index contributed by atoms with van der Waals surface area (Å²) in [7, 11) is 0. The van der Waals surface area contributed by atoms with Crippen molar-refractivity contribution in [2.75, 3.05) is 0 Å². The molecular formula is C19H30. The van der Waals surface area contributed by atoms with Crippen LogP contribution in [0.2, 0.25) is 0 Å². The smallest absolute Gasteiger partial charge is 0.0162 e. The molecule has 0 aromatic heterocycles. The van der Waals surface area contributed by atoms with Crippen LogP contribution >= 0.6 is 0 Å². The van der Waals surface area contributed by atoms with Gasteiger partial charge in [-0.2, -0.15) is 0 Å². The molecule has 0 nitrogen and oxygen atoms in total. The highest BCUT2D eigenvalue weighted by molar-refractivity contribution is 5.27. The van der Waals surface area contributed by atoms with Gasteiger partial charge in [0.25, 0.3) is 0 Å². The van der Waals surface area contributed by atoms with Crippen molar-refractivity contribution >= 4 is 0 Å². The van der Waals surface area contributed by atoms with Crippen LogP contribution in [0.15, 0.2) is 24.3 Å². The number of benzene rings is 1. The molecule has 0 heterocycles. The summed E-state index contributed by atoms with van der Waals surface area (Å²) in [5.74, 6) is 1.87. The molecule has 1 aliphatic rings. The van der Waals surface area contributed by atoms with Crippen molar-refractivity contribution in [3.8, 4) is 0 Å². The van der Waals surface area contributed by atoms with Crippen molar-refractivity contribution < 1.29 is 0 Å². The van der Waals surface area contributed by atoms with Gasteiger partial charge in [-0.25, -0.2) is 0 Å². The molecule has 1 saturated carbocycles. The van der Waals surface area contributed by atoms with Gasteiger partial charge < -0.3 is 0 Å². The Morgan fingerprint density at radius 1 is 1.00 bits per heavy atom. The van der Waals surface area contributed by atoms with Crippen LogP contribution in [0.1, 0.15) is 82.3 Å². The average Bonchev–Trinajstić information content (AvgIpc) is 2.46. The van der Waals surface area contributed by atoms with Crippen LogP contribution < -0.4 is 0 Å². The summed E-state index contributed by atoms with van der Waals surface area (Å²) in [5, 5.41) is 0. The van der Waals surface area contributed by atoms with Gasteiger partial charge in [-0.05, 0) is 55.1 Å². The molecule has 0 unspecified atom stereocenters. The molecular weight excluding hydrogens is 228 g/mol. The number of aryl methyl sites for hydroxylation is 1. The fraction of sp³-hybridized carbons (Fsp3) is 0.684. The van der Waals surface area contributed by atoms with E-state index >= 15 is 0 Å². The zero-order valence-corrected chi connectivity index (χ0v) is 12.8. The predicted molar refractivity (Wildman–Crippen MR) is 84.7 cm³/mol. The zero-order chi connectivity index (χ0) is 13.5. The summed E-state index contributed by atoms with van der Waals surface area (Å²) >= 11 is 0. The monoisotopic (exact) mass is 258 g/mol. The third kappa shape index (κ3) is 4.37. The Hall–Kier alpha value is -0.780. The number of rotatable bonds is 6. The van der Waals surface area contributed by atoms with Gasteiger partial charge in [-0.3, -0.25) is 0 Å². The van der Waals surface area contributed by atoms with Gasteiger partial charge in [0.05, 0.1) is 0 Å². The van der Waals surface area contributed by atoms with E-state index in [0.29, 0.717) is 0 Å². The minimum absolute atomic E-state index is 0.842. The van der Waals surface area contributed by atoms with Crippen LogP contribution in [0.3, 0.4) is 0 Å². The molecule has 0 heteroatoms. The Labute approximate surface area is 119 Å². The van der Waals surface area contributed by atoms with Crippen LogP contribution in [-0.2, 0) is 6.42 Å². The third-order valence-corrected chi connectivity index (χ3v) is 4.77. The average molecular weight is 258 g/mol. The molecule has 106 valence electrons. The first kappa shape index (κ1) is 14.6. The predicted octanol–water partition coefficient (Wildman–Crippen LogP) is 6.10. The molecule has 19 heavy (non-hydrogen) atoms. The maximum absolute atomic E-state index is 2.47. The Bertz CT molecular complexity index is 358. The Morgan fingerprint density at radius 2 is 1.79 bits per heavy atom. The van der Waals surface area contributed by atoms with Crippen molar-refractivity contribution in [2.45, 2.75) is 77.6 Å². The van der Waals surface area contributed by atoms with Crippen molar-refractivity contribution in [1.82, 2.24) is 0 Å². The van der Waals surface area contributed by atoms with E-state index in [0.717, 1.165) is 11.8 Å². The van der Waals surface area contributed by atoms with E-state index in [9.17, 15) is 0 Å². The minimum atomic E-state index is 0.842. The number of hydrogen-bond acceptors (Lipinski definition) is 0. The van der Waals surface area contributed by atoms with Crippen LogP contribution in [-0.4, -0.2) is 0 Å². The quantitative estimate of drug-likeness (QED) is 0.578. The van der Waals surface area contributed by atoms with Crippen LogP contribution in [0.25, 0.3) is 0 Å². The third-order valence-electron chi connectivity index (χ3n) is 4.77. The van der Waals surface area contributed by atoms with E-state index in [1.807, 2.05) is 0 Å². The summed E-state index contributed by atoms with van der Waals surface area (Å²) in [6, 6.07) is 9.39. The van der Waals surface area contributed by atoms with Crippen molar-refractivity contribution in [2.24, 2.45) is 5.92 Å². The fourth-order valence-corrected chi connectivity index (χ4v) is 3.57. The second-order valence-corrected chi connectivity index (χ2v) is 6.35. The van der Waals surface area contributed by atoms with Gasteiger partial charge in [0.1, 0.15) is 0 Å². The maximum atomic E-state index is 2.47. The van der Waals surface area contributed by atoms with Crippen molar-refractivity contribution in [1.29, 1.82) is 0 Å². The van der Waals surface area contributed by atoms with Gasteiger partial charge in [0, 0.05) is 0 Å². The van der Waals surface area contributed by atoms with E-state index in [-0.39, 0.29) is 0 Å². The molecule has 0 radical (unpaired) electrons. The normalized spacial score (nSPS) is 23.5. The summed E-state index contributed by atoms with van der Waals surface area (Å²) in [4.78, 5) is 0. The maximum Gasteiger partial charge on any atom is -0.0162 e. The van der Waals surface area contributed by atoms with Crippen molar-refractivity contribution in [3.63, 3.8) is 0 Å². The molecule has 0 N–H and O–H groups in total. The van der Waals surface area contributed by atoms with Gasteiger partial charge in [0.15, 0.2) is 0 Å². The number of hydrogen-bond donors (Lipinski definition) is 0. The molecule has 1 fully saturated rings. The van der Waals surface area contributed by atoms with E-state index in [1.165, 1.54) is 63.4 Å². The summed E-state index contributed by atoms with van der Waals surface area (Å²) < 4.78 is 0. The zero-order valence-electron chi connectivity index (χ0n) is 12.8. The fourth-order valence-electron chi connectivity index (χ4n) is 3.57. The Kier molecular flexibility index (Phi) is 5.94. The highest BCUT2D eigenvalue weighted by atomic mass is 14.3.